The number of rotatable bonds is 1. The van der Waals surface area contributed by atoms with Gasteiger partial charge in [-0.1, -0.05) is 34.1 Å². The summed E-state index contributed by atoms with van der Waals surface area (Å²) in [6, 6.07) is 8.70. The molecule has 1 unspecified atom stereocenters. The van der Waals surface area contributed by atoms with Gasteiger partial charge < -0.3 is 5.73 Å². The van der Waals surface area contributed by atoms with Gasteiger partial charge in [0, 0.05) is 16.4 Å². The molecule has 2 atom stereocenters. The Hall–Kier alpha value is -0.0500. The Morgan fingerprint density at radius 2 is 1.92 bits per heavy atom. The quantitative estimate of drug-likeness (QED) is 0.812. The van der Waals surface area contributed by atoms with Gasteiger partial charge in [-0.05, 0) is 18.1 Å². The van der Waals surface area contributed by atoms with Gasteiger partial charge in [0.1, 0.15) is 0 Å². The summed E-state index contributed by atoms with van der Waals surface area (Å²) in [5.74, 6) is 0.602. The Labute approximate surface area is 86.9 Å². The van der Waals surface area contributed by atoms with E-state index in [-0.39, 0.29) is 12.4 Å². The highest BCUT2D eigenvalue weighted by atomic mass is 79.9. The van der Waals surface area contributed by atoms with Crippen LogP contribution in [0.25, 0.3) is 0 Å². The van der Waals surface area contributed by atoms with E-state index >= 15 is 0 Å². The maximum atomic E-state index is 5.75. The van der Waals surface area contributed by atoms with Gasteiger partial charge in [0.25, 0.3) is 0 Å². The van der Waals surface area contributed by atoms with Gasteiger partial charge in [-0.15, -0.1) is 12.4 Å². The highest BCUT2D eigenvalue weighted by molar-refractivity contribution is 9.10. The highest BCUT2D eigenvalue weighted by Gasteiger charge is 2.35. The summed E-state index contributed by atoms with van der Waals surface area (Å²) in [5.41, 5.74) is 7.11. The van der Waals surface area contributed by atoms with Crippen LogP contribution in [0.4, 0.5) is 0 Å². The van der Waals surface area contributed by atoms with E-state index in [1.54, 1.807) is 0 Å². The topological polar surface area (TPSA) is 26.0 Å². The lowest BCUT2D eigenvalue weighted by molar-refractivity contribution is 0.986. The Balaban J connectivity index is 0.000000720. The molecule has 0 radical (unpaired) electrons. The number of hydrogen-bond acceptors (Lipinski definition) is 1. The normalized spacial score (nSPS) is 26.2. The second-order valence-electron chi connectivity index (χ2n) is 3.03. The maximum Gasteiger partial charge on any atom is 0.0210 e. The minimum absolute atomic E-state index is 0. The molecule has 0 heterocycles. The van der Waals surface area contributed by atoms with E-state index in [2.05, 4.69) is 34.1 Å². The van der Waals surface area contributed by atoms with E-state index in [1.807, 2.05) is 6.07 Å². The summed E-state index contributed by atoms with van der Waals surface area (Å²) in [6.45, 7) is 0. The van der Waals surface area contributed by atoms with Crippen LogP contribution in [-0.2, 0) is 0 Å². The molecule has 0 aliphatic heterocycles. The fourth-order valence-electron chi connectivity index (χ4n) is 1.35. The summed E-state index contributed by atoms with van der Waals surface area (Å²) < 4.78 is 1.19. The van der Waals surface area contributed by atoms with Crippen LogP contribution in [-0.4, -0.2) is 6.04 Å². The van der Waals surface area contributed by atoms with Crippen LogP contribution in [0.5, 0.6) is 0 Å². The molecule has 0 aromatic heterocycles. The standard InChI is InChI=1S/C9H10BrN.ClH/c10-8-4-2-1-3-6(8)7-5-9(7)11;/h1-4,7,9H,5,11H2;1H/t7-,9?;/m0./s1. The first-order chi connectivity index (χ1) is 5.29. The fourth-order valence-corrected chi connectivity index (χ4v) is 1.93. The Bertz CT molecular complexity index is 277. The molecule has 1 nitrogen and oxygen atoms in total. The zero-order chi connectivity index (χ0) is 7.84. The van der Waals surface area contributed by atoms with Gasteiger partial charge >= 0.3 is 0 Å². The molecule has 0 saturated heterocycles. The van der Waals surface area contributed by atoms with Gasteiger partial charge in [-0.25, -0.2) is 0 Å². The van der Waals surface area contributed by atoms with E-state index in [9.17, 15) is 0 Å². The van der Waals surface area contributed by atoms with Crippen LogP contribution >= 0.6 is 28.3 Å². The van der Waals surface area contributed by atoms with E-state index in [1.165, 1.54) is 10.0 Å². The molecule has 2 N–H and O–H groups in total. The van der Waals surface area contributed by atoms with Crippen molar-refractivity contribution in [2.45, 2.75) is 18.4 Å². The van der Waals surface area contributed by atoms with Gasteiger partial charge in [-0.3, -0.25) is 0 Å². The number of halogens is 2. The van der Waals surface area contributed by atoms with Crippen molar-refractivity contribution in [2.24, 2.45) is 5.73 Å². The van der Waals surface area contributed by atoms with Gasteiger partial charge in [0.15, 0.2) is 0 Å². The minimum atomic E-state index is 0. The molecule has 1 aliphatic carbocycles. The van der Waals surface area contributed by atoms with Crippen molar-refractivity contribution in [1.82, 2.24) is 0 Å². The minimum Gasteiger partial charge on any atom is -0.327 e. The lowest BCUT2D eigenvalue weighted by Crippen LogP contribution is -2.01. The van der Waals surface area contributed by atoms with Crippen LogP contribution in [0.1, 0.15) is 17.9 Å². The molecule has 0 bridgehead atoms. The third-order valence-corrected chi connectivity index (χ3v) is 2.87. The highest BCUT2D eigenvalue weighted by Crippen LogP contribution is 2.41. The molecule has 0 amide bonds. The first-order valence-electron chi connectivity index (χ1n) is 3.79. The molecular formula is C9H11BrClN. The molecule has 1 aliphatic rings. The molecule has 0 spiro atoms. The van der Waals surface area contributed by atoms with Gasteiger partial charge in [-0.2, -0.15) is 0 Å². The van der Waals surface area contributed by atoms with Crippen LogP contribution < -0.4 is 5.73 Å². The van der Waals surface area contributed by atoms with E-state index < -0.39 is 0 Å². The summed E-state index contributed by atoms with van der Waals surface area (Å²) in [5, 5.41) is 0. The van der Waals surface area contributed by atoms with Crippen molar-refractivity contribution in [2.75, 3.05) is 0 Å². The molecule has 12 heavy (non-hydrogen) atoms. The predicted molar refractivity (Wildman–Crippen MR) is 56.7 cm³/mol. The second-order valence-corrected chi connectivity index (χ2v) is 3.88. The Kier molecular flexibility index (Phi) is 3.16. The predicted octanol–water partition coefficient (Wildman–Crippen LogP) is 2.69. The van der Waals surface area contributed by atoms with Crippen molar-refractivity contribution >= 4 is 28.3 Å². The van der Waals surface area contributed by atoms with E-state index in [0.717, 1.165) is 6.42 Å². The summed E-state index contributed by atoms with van der Waals surface area (Å²) in [7, 11) is 0. The maximum absolute atomic E-state index is 5.75. The SMILES string of the molecule is Cl.NC1C[C@H]1c1ccccc1Br. The van der Waals surface area contributed by atoms with Crippen molar-refractivity contribution in [1.29, 1.82) is 0 Å². The van der Waals surface area contributed by atoms with Crippen molar-refractivity contribution in [3.05, 3.63) is 34.3 Å². The lowest BCUT2D eigenvalue weighted by Gasteiger charge is -2.00. The monoisotopic (exact) mass is 247 g/mol. The zero-order valence-electron chi connectivity index (χ0n) is 6.53. The third kappa shape index (κ3) is 1.82. The first-order valence-corrected chi connectivity index (χ1v) is 4.58. The summed E-state index contributed by atoms with van der Waals surface area (Å²) in [6.07, 6.45) is 1.14. The molecule has 66 valence electrons. The Morgan fingerprint density at radius 1 is 1.33 bits per heavy atom. The molecule has 2 rings (SSSR count). The third-order valence-electron chi connectivity index (χ3n) is 2.14. The van der Waals surface area contributed by atoms with Crippen molar-refractivity contribution in [3.63, 3.8) is 0 Å². The molecule has 1 aromatic rings. The smallest absolute Gasteiger partial charge is 0.0210 e. The van der Waals surface area contributed by atoms with E-state index in [4.69, 9.17) is 5.73 Å². The molecule has 1 aromatic carbocycles. The average molecular weight is 249 g/mol. The van der Waals surface area contributed by atoms with Gasteiger partial charge in [0.2, 0.25) is 0 Å². The number of benzene rings is 1. The van der Waals surface area contributed by atoms with Crippen LogP contribution in [0.3, 0.4) is 0 Å². The lowest BCUT2D eigenvalue weighted by atomic mass is 10.1. The molecular weight excluding hydrogens is 237 g/mol. The number of nitrogens with two attached hydrogens (primary N) is 1. The van der Waals surface area contributed by atoms with Crippen LogP contribution in [0.2, 0.25) is 0 Å². The Morgan fingerprint density at radius 3 is 2.42 bits per heavy atom. The van der Waals surface area contributed by atoms with E-state index in [0.29, 0.717) is 12.0 Å². The van der Waals surface area contributed by atoms with Gasteiger partial charge in [0.05, 0.1) is 0 Å². The first kappa shape index (κ1) is 10.0. The summed E-state index contributed by atoms with van der Waals surface area (Å²) >= 11 is 3.51. The molecule has 1 saturated carbocycles. The average Bonchev–Trinajstić information content (AvgIpc) is 2.68. The summed E-state index contributed by atoms with van der Waals surface area (Å²) in [4.78, 5) is 0. The largest absolute Gasteiger partial charge is 0.327 e. The van der Waals surface area contributed by atoms with Crippen LogP contribution in [0.15, 0.2) is 28.7 Å². The molecule has 1 fully saturated rings. The fraction of sp³-hybridized carbons (Fsp3) is 0.333. The zero-order valence-corrected chi connectivity index (χ0v) is 8.94. The van der Waals surface area contributed by atoms with Crippen molar-refractivity contribution in [3.8, 4) is 0 Å². The molecule has 3 heteroatoms. The van der Waals surface area contributed by atoms with Crippen LogP contribution in [0, 0.1) is 0 Å². The second kappa shape index (κ2) is 3.77. The number of hydrogen-bond donors (Lipinski definition) is 1. The van der Waals surface area contributed by atoms with Crippen molar-refractivity contribution < 1.29 is 0 Å².